The van der Waals surface area contributed by atoms with E-state index in [1.54, 1.807) is 0 Å². The number of carbonyl (C=O) groups excluding carboxylic acids is 1. The van der Waals surface area contributed by atoms with Crippen LogP contribution in [0.3, 0.4) is 0 Å². The molecule has 1 aromatic carbocycles. The minimum atomic E-state index is -0.993. The molecule has 0 aliphatic rings. The molecule has 0 fully saturated rings. The van der Waals surface area contributed by atoms with Gasteiger partial charge in [-0.05, 0) is 12.0 Å². The van der Waals surface area contributed by atoms with E-state index in [0.717, 1.165) is 31.2 Å². The molecule has 0 saturated carbocycles. The first kappa shape index (κ1) is 18.2. The number of ether oxygens (including phenoxy) is 1. The lowest BCUT2D eigenvalue weighted by Gasteiger charge is -2.14. The normalized spacial score (nSPS) is 11.9. The standard InChI is InChI=1S/C17H25NO4/c1-2-3-4-8-11-15(17(20)21)18-16(19)13-22-12-14-9-6-5-7-10-14/h5-7,9-10,15H,2-4,8,11-13H2,1H3,(H,18,19)(H,20,21)/t15-/m0/s1. The Hall–Kier alpha value is -1.88. The van der Waals surface area contributed by atoms with Gasteiger partial charge in [-0.2, -0.15) is 0 Å². The number of hydrogen-bond donors (Lipinski definition) is 2. The van der Waals surface area contributed by atoms with Crippen molar-refractivity contribution in [1.82, 2.24) is 5.32 Å². The van der Waals surface area contributed by atoms with E-state index in [1.807, 2.05) is 30.3 Å². The summed E-state index contributed by atoms with van der Waals surface area (Å²) in [5.41, 5.74) is 0.977. The second kappa shape index (κ2) is 10.8. The lowest BCUT2D eigenvalue weighted by atomic mass is 10.1. The molecule has 0 radical (unpaired) electrons. The summed E-state index contributed by atoms with van der Waals surface area (Å²) in [6.45, 7) is 2.30. The second-order valence-corrected chi connectivity index (χ2v) is 5.29. The third-order valence-corrected chi connectivity index (χ3v) is 3.32. The van der Waals surface area contributed by atoms with E-state index in [-0.39, 0.29) is 12.5 Å². The highest BCUT2D eigenvalue weighted by atomic mass is 16.5. The Bertz CT molecular complexity index is 447. The van der Waals surface area contributed by atoms with Gasteiger partial charge in [0, 0.05) is 0 Å². The van der Waals surface area contributed by atoms with Crippen molar-refractivity contribution < 1.29 is 19.4 Å². The first-order chi connectivity index (χ1) is 10.6. The Morgan fingerprint density at radius 1 is 1.18 bits per heavy atom. The number of nitrogens with one attached hydrogen (secondary N) is 1. The predicted molar refractivity (Wildman–Crippen MR) is 84.4 cm³/mol. The van der Waals surface area contributed by atoms with Crippen LogP contribution in [0.15, 0.2) is 30.3 Å². The van der Waals surface area contributed by atoms with Crippen molar-refractivity contribution in [3.05, 3.63) is 35.9 Å². The van der Waals surface area contributed by atoms with E-state index in [4.69, 9.17) is 9.84 Å². The van der Waals surface area contributed by atoms with E-state index in [0.29, 0.717) is 13.0 Å². The van der Waals surface area contributed by atoms with Crippen LogP contribution in [0.25, 0.3) is 0 Å². The lowest BCUT2D eigenvalue weighted by molar-refractivity contribution is -0.142. The van der Waals surface area contributed by atoms with Crippen LogP contribution in [0.1, 0.15) is 44.6 Å². The van der Waals surface area contributed by atoms with Gasteiger partial charge < -0.3 is 15.2 Å². The summed E-state index contributed by atoms with van der Waals surface area (Å²) >= 11 is 0. The quantitative estimate of drug-likeness (QED) is 0.616. The molecule has 122 valence electrons. The molecule has 1 atom stereocenters. The van der Waals surface area contributed by atoms with Gasteiger partial charge >= 0.3 is 5.97 Å². The van der Waals surface area contributed by atoms with Crippen molar-refractivity contribution in [3.8, 4) is 0 Å². The van der Waals surface area contributed by atoms with Crippen LogP contribution in [-0.2, 0) is 20.9 Å². The summed E-state index contributed by atoms with van der Waals surface area (Å²) in [6, 6.07) is 8.69. The van der Waals surface area contributed by atoms with Crippen LogP contribution in [-0.4, -0.2) is 29.6 Å². The highest BCUT2D eigenvalue weighted by Crippen LogP contribution is 2.06. The number of rotatable bonds is 11. The summed E-state index contributed by atoms with van der Waals surface area (Å²) in [6.07, 6.45) is 4.42. The average molecular weight is 307 g/mol. The smallest absolute Gasteiger partial charge is 0.326 e. The molecule has 0 bridgehead atoms. The molecule has 0 unspecified atom stereocenters. The van der Waals surface area contributed by atoms with Gasteiger partial charge in [-0.15, -0.1) is 0 Å². The minimum absolute atomic E-state index is 0.131. The van der Waals surface area contributed by atoms with Crippen molar-refractivity contribution in [2.24, 2.45) is 0 Å². The van der Waals surface area contributed by atoms with Crippen LogP contribution < -0.4 is 5.32 Å². The second-order valence-electron chi connectivity index (χ2n) is 5.29. The first-order valence-electron chi connectivity index (χ1n) is 7.77. The summed E-state index contributed by atoms with van der Waals surface area (Å²) in [5, 5.41) is 11.6. The molecule has 5 heteroatoms. The number of amides is 1. The van der Waals surface area contributed by atoms with E-state index < -0.39 is 12.0 Å². The molecule has 0 aliphatic carbocycles. The molecule has 0 aromatic heterocycles. The maximum atomic E-state index is 11.7. The molecule has 0 saturated heterocycles. The number of carboxylic acid groups (broad SMARTS) is 1. The fourth-order valence-electron chi connectivity index (χ4n) is 2.10. The zero-order chi connectivity index (χ0) is 16.2. The van der Waals surface area contributed by atoms with Crippen LogP contribution in [0.2, 0.25) is 0 Å². The fraction of sp³-hybridized carbons (Fsp3) is 0.529. The van der Waals surface area contributed by atoms with Crippen LogP contribution in [0, 0.1) is 0 Å². The Labute approximate surface area is 131 Å². The maximum Gasteiger partial charge on any atom is 0.326 e. The largest absolute Gasteiger partial charge is 0.480 e. The fourth-order valence-corrected chi connectivity index (χ4v) is 2.10. The molecule has 22 heavy (non-hydrogen) atoms. The molecule has 1 amide bonds. The maximum absolute atomic E-state index is 11.7. The SMILES string of the molecule is CCCCCC[C@H](NC(=O)COCc1ccccc1)C(=O)O. The number of unbranched alkanes of at least 4 members (excludes halogenated alkanes) is 3. The van der Waals surface area contributed by atoms with Gasteiger partial charge in [0.15, 0.2) is 0 Å². The zero-order valence-electron chi connectivity index (χ0n) is 13.1. The molecular formula is C17H25NO4. The first-order valence-corrected chi connectivity index (χ1v) is 7.77. The monoisotopic (exact) mass is 307 g/mol. The van der Waals surface area contributed by atoms with Gasteiger partial charge in [-0.25, -0.2) is 4.79 Å². The topological polar surface area (TPSA) is 75.6 Å². The van der Waals surface area contributed by atoms with Crippen molar-refractivity contribution in [1.29, 1.82) is 0 Å². The summed E-state index contributed by atoms with van der Waals surface area (Å²) < 4.78 is 5.30. The Kier molecular flexibility index (Phi) is 8.91. The van der Waals surface area contributed by atoms with Gasteiger partial charge in [0.25, 0.3) is 0 Å². The minimum Gasteiger partial charge on any atom is -0.480 e. The average Bonchev–Trinajstić information content (AvgIpc) is 2.51. The number of aliphatic carboxylic acids is 1. The molecule has 0 spiro atoms. The number of carboxylic acids is 1. The molecular weight excluding hydrogens is 282 g/mol. The zero-order valence-corrected chi connectivity index (χ0v) is 13.1. The number of benzene rings is 1. The molecule has 0 aliphatic heterocycles. The molecule has 2 N–H and O–H groups in total. The van der Waals surface area contributed by atoms with Crippen molar-refractivity contribution in [2.45, 2.75) is 51.7 Å². The molecule has 1 rings (SSSR count). The number of hydrogen-bond acceptors (Lipinski definition) is 3. The third kappa shape index (κ3) is 7.78. The van der Waals surface area contributed by atoms with E-state index in [2.05, 4.69) is 12.2 Å². The summed E-state index contributed by atoms with van der Waals surface area (Å²) in [4.78, 5) is 22.9. The van der Waals surface area contributed by atoms with Gasteiger partial charge in [0.2, 0.25) is 5.91 Å². The third-order valence-electron chi connectivity index (χ3n) is 3.32. The number of carbonyl (C=O) groups is 2. The highest BCUT2D eigenvalue weighted by Gasteiger charge is 2.19. The van der Waals surface area contributed by atoms with Crippen molar-refractivity contribution in [2.75, 3.05) is 6.61 Å². The van der Waals surface area contributed by atoms with E-state index in [9.17, 15) is 9.59 Å². The van der Waals surface area contributed by atoms with Crippen molar-refractivity contribution in [3.63, 3.8) is 0 Å². The highest BCUT2D eigenvalue weighted by molar-refractivity contribution is 5.84. The Morgan fingerprint density at radius 3 is 2.55 bits per heavy atom. The van der Waals surface area contributed by atoms with Gasteiger partial charge in [0.1, 0.15) is 12.6 Å². The summed E-state index contributed by atoms with van der Waals surface area (Å²) in [5.74, 6) is -1.38. The van der Waals surface area contributed by atoms with Gasteiger partial charge in [0.05, 0.1) is 6.61 Å². The van der Waals surface area contributed by atoms with Crippen molar-refractivity contribution >= 4 is 11.9 Å². The van der Waals surface area contributed by atoms with Gasteiger partial charge in [-0.3, -0.25) is 4.79 Å². The van der Waals surface area contributed by atoms with Crippen LogP contribution in [0.4, 0.5) is 0 Å². The van der Waals surface area contributed by atoms with Crippen LogP contribution in [0.5, 0.6) is 0 Å². The Balaban J connectivity index is 2.26. The van der Waals surface area contributed by atoms with E-state index in [1.165, 1.54) is 0 Å². The molecule has 1 aromatic rings. The van der Waals surface area contributed by atoms with E-state index >= 15 is 0 Å². The predicted octanol–water partition coefficient (Wildman–Crippen LogP) is 2.74. The molecule has 0 heterocycles. The lowest BCUT2D eigenvalue weighted by Crippen LogP contribution is -2.42. The summed E-state index contributed by atoms with van der Waals surface area (Å²) in [7, 11) is 0. The van der Waals surface area contributed by atoms with Gasteiger partial charge in [-0.1, -0.05) is 62.9 Å². The molecule has 5 nitrogen and oxygen atoms in total. The Morgan fingerprint density at radius 2 is 1.91 bits per heavy atom. The van der Waals surface area contributed by atoms with Crippen LogP contribution >= 0.6 is 0 Å².